The van der Waals surface area contributed by atoms with Gasteiger partial charge < -0.3 is 23.7 Å². The third-order valence-corrected chi connectivity index (χ3v) is 6.23. The second kappa shape index (κ2) is 14.2. The maximum Gasteiger partial charge on any atom is 0.314 e. The van der Waals surface area contributed by atoms with Gasteiger partial charge in [-0.25, -0.2) is 0 Å². The van der Waals surface area contributed by atoms with Crippen LogP contribution in [0.3, 0.4) is 0 Å². The van der Waals surface area contributed by atoms with Crippen LogP contribution in [0.2, 0.25) is 0 Å². The van der Waals surface area contributed by atoms with Gasteiger partial charge in [-0.05, 0) is 91.0 Å². The molecule has 0 atom stereocenters. The molecule has 0 fully saturated rings. The zero-order valence-electron chi connectivity index (χ0n) is 26.3. The molecule has 0 unspecified atom stereocenters. The summed E-state index contributed by atoms with van der Waals surface area (Å²) in [5, 5.41) is 0. The summed E-state index contributed by atoms with van der Waals surface area (Å²) in [5.74, 6) is 0.348. The second-order valence-corrected chi connectivity index (χ2v) is 12.3. The lowest BCUT2D eigenvalue weighted by molar-refractivity contribution is -0.160. The maximum absolute atomic E-state index is 13.1. The average Bonchev–Trinajstić information content (AvgIpc) is 2.91. The van der Waals surface area contributed by atoms with Gasteiger partial charge in [0.2, 0.25) is 13.6 Å². The van der Waals surface area contributed by atoms with Crippen LogP contribution in [0.25, 0.3) is 6.08 Å². The lowest BCUT2D eigenvalue weighted by Gasteiger charge is -2.26. The number of hydrogen-bond acceptors (Lipinski definition) is 8. The fourth-order valence-corrected chi connectivity index (χ4v) is 3.49. The van der Waals surface area contributed by atoms with E-state index in [4.69, 9.17) is 23.7 Å². The molecule has 0 saturated carbocycles. The monoisotopic (exact) mass is 580 g/mol. The molecule has 0 bridgehead atoms. The van der Waals surface area contributed by atoms with E-state index in [1.54, 1.807) is 78.0 Å². The number of carbonyl (C=O) groups is 3. The normalized spacial score (nSPS) is 12.0. The first-order chi connectivity index (χ1) is 19.5. The number of benzene rings is 2. The van der Waals surface area contributed by atoms with Crippen molar-refractivity contribution < 1.29 is 38.1 Å². The van der Waals surface area contributed by atoms with Gasteiger partial charge >= 0.3 is 11.9 Å². The fourth-order valence-electron chi connectivity index (χ4n) is 3.49. The molecule has 0 aromatic heterocycles. The molecule has 0 saturated heterocycles. The van der Waals surface area contributed by atoms with E-state index in [1.807, 2.05) is 32.9 Å². The van der Waals surface area contributed by atoms with Crippen molar-refractivity contribution >= 4 is 23.8 Å². The van der Waals surface area contributed by atoms with E-state index >= 15 is 0 Å². The highest BCUT2D eigenvalue weighted by atomic mass is 16.7. The quantitative estimate of drug-likeness (QED) is 0.0801. The lowest BCUT2D eigenvalue weighted by atomic mass is 9.83. The first-order valence-corrected chi connectivity index (χ1v) is 13.9. The maximum atomic E-state index is 13.1. The molecule has 0 heterocycles. The van der Waals surface area contributed by atoms with Crippen LogP contribution in [0.4, 0.5) is 0 Å². The molecular formula is C34H44O8. The predicted molar refractivity (Wildman–Crippen MR) is 163 cm³/mol. The Bertz CT molecular complexity index is 1290. The molecule has 0 amide bonds. The molecule has 0 aliphatic carbocycles. The van der Waals surface area contributed by atoms with Crippen LogP contribution in [0.15, 0.2) is 55.1 Å². The van der Waals surface area contributed by atoms with Crippen molar-refractivity contribution in [3.63, 3.8) is 0 Å². The van der Waals surface area contributed by atoms with Gasteiger partial charge in [0.25, 0.3) is 0 Å². The summed E-state index contributed by atoms with van der Waals surface area (Å²) >= 11 is 0. The minimum Gasteiger partial charge on any atom is -0.493 e. The number of ketones is 1. The molecule has 8 nitrogen and oxygen atoms in total. The summed E-state index contributed by atoms with van der Waals surface area (Å²) in [4.78, 5) is 37.3. The van der Waals surface area contributed by atoms with Crippen molar-refractivity contribution in [2.24, 2.45) is 10.8 Å². The van der Waals surface area contributed by atoms with Gasteiger partial charge in [0, 0.05) is 16.5 Å². The van der Waals surface area contributed by atoms with Gasteiger partial charge in [0.15, 0.2) is 5.78 Å². The minimum atomic E-state index is -0.688. The van der Waals surface area contributed by atoms with Crippen LogP contribution in [-0.2, 0) is 24.5 Å². The van der Waals surface area contributed by atoms with Crippen molar-refractivity contribution in [3.05, 3.63) is 71.8 Å². The molecule has 0 radical (unpaired) electrons. The van der Waals surface area contributed by atoms with Crippen molar-refractivity contribution in [2.45, 2.75) is 67.7 Å². The highest BCUT2D eigenvalue weighted by molar-refractivity contribution is 6.07. The standard InChI is InChI=1S/C34H44O8/c1-11-34(9,10)26-18-20-28(38-12-2)25(29(26)40-22-42-31(37)33(6,7)8)17-19-27(35)23-13-15-24(16-14-23)39-21-41-30(36)32(3,4)5/h11,13-20H,1,12,21-22H2,2-10H3/b19-17+. The van der Waals surface area contributed by atoms with Crippen molar-refractivity contribution in [1.82, 2.24) is 0 Å². The Hall–Kier alpha value is -4.07. The van der Waals surface area contributed by atoms with Crippen LogP contribution in [0, 0.1) is 10.8 Å². The molecule has 0 N–H and O–H groups in total. The van der Waals surface area contributed by atoms with Crippen LogP contribution < -0.4 is 14.2 Å². The average molecular weight is 581 g/mol. The largest absolute Gasteiger partial charge is 0.493 e. The smallest absolute Gasteiger partial charge is 0.314 e. The Kier molecular flexibility index (Phi) is 11.5. The zero-order chi connectivity index (χ0) is 31.7. The Morgan fingerprint density at radius 1 is 0.762 bits per heavy atom. The van der Waals surface area contributed by atoms with E-state index in [0.717, 1.165) is 5.56 Å². The topological polar surface area (TPSA) is 97.4 Å². The second-order valence-electron chi connectivity index (χ2n) is 12.3. The third kappa shape index (κ3) is 9.50. The number of ether oxygens (including phenoxy) is 5. The number of hydrogen-bond donors (Lipinski definition) is 0. The summed E-state index contributed by atoms with van der Waals surface area (Å²) in [7, 11) is 0. The first kappa shape index (κ1) is 34.1. The van der Waals surface area contributed by atoms with Gasteiger partial charge in [0.05, 0.1) is 23.0 Å². The van der Waals surface area contributed by atoms with Crippen LogP contribution in [-0.4, -0.2) is 37.9 Å². The molecule has 42 heavy (non-hydrogen) atoms. The Labute approximate surface area is 249 Å². The molecule has 2 aromatic rings. The molecule has 2 rings (SSSR count). The molecule has 228 valence electrons. The van der Waals surface area contributed by atoms with Crippen LogP contribution in [0.1, 0.15) is 83.8 Å². The SMILES string of the molecule is C=CC(C)(C)c1ccc(OCC)c(/C=C/C(=O)c2ccc(OCOC(=O)C(C)(C)C)cc2)c1OCOC(=O)C(C)(C)C. The molecule has 0 aliphatic heterocycles. The molecule has 2 aromatic carbocycles. The van der Waals surface area contributed by atoms with Gasteiger partial charge in [-0.15, -0.1) is 6.58 Å². The van der Waals surface area contributed by atoms with E-state index in [9.17, 15) is 14.4 Å². The molecule has 8 heteroatoms. The molecular weight excluding hydrogens is 536 g/mol. The molecule has 0 spiro atoms. The first-order valence-electron chi connectivity index (χ1n) is 13.9. The Morgan fingerprint density at radius 3 is 1.81 bits per heavy atom. The van der Waals surface area contributed by atoms with Gasteiger partial charge in [-0.2, -0.15) is 0 Å². The zero-order valence-corrected chi connectivity index (χ0v) is 26.3. The van der Waals surface area contributed by atoms with Crippen molar-refractivity contribution in [2.75, 3.05) is 20.2 Å². The van der Waals surface area contributed by atoms with Gasteiger partial charge in [-0.3, -0.25) is 14.4 Å². The summed E-state index contributed by atoms with van der Waals surface area (Å²) in [6.45, 7) is 20.2. The summed E-state index contributed by atoms with van der Waals surface area (Å²) in [5.41, 5.74) is -0.0770. The number of carbonyl (C=O) groups excluding carboxylic acids is 3. The highest BCUT2D eigenvalue weighted by Crippen LogP contribution is 2.40. The van der Waals surface area contributed by atoms with E-state index in [1.165, 1.54) is 6.08 Å². The Balaban J connectivity index is 2.33. The summed E-state index contributed by atoms with van der Waals surface area (Å²) < 4.78 is 27.9. The van der Waals surface area contributed by atoms with Gasteiger partial charge in [-0.1, -0.05) is 26.0 Å². The fraction of sp³-hybridized carbons (Fsp3) is 0.441. The van der Waals surface area contributed by atoms with Crippen molar-refractivity contribution in [1.29, 1.82) is 0 Å². The van der Waals surface area contributed by atoms with Crippen LogP contribution >= 0.6 is 0 Å². The highest BCUT2D eigenvalue weighted by Gasteiger charge is 2.27. The third-order valence-electron chi connectivity index (χ3n) is 6.23. The van der Waals surface area contributed by atoms with Crippen LogP contribution in [0.5, 0.6) is 17.2 Å². The van der Waals surface area contributed by atoms with Gasteiger partial charge in [0.1, 0.15) is 17.2 Å². The minimum absolute atomic E-state index is 0.227. The van der Waals surface area contributed by atoms with Crippen molar-refractivity contribution in [3.8, 4) is 17.2 Å². The predicted octanol–water partition coefficient (Wildman–Crippen LogP) is 7.30. The van der Waals surface area contributed by atoms with E-state index in [2.05, 4.69) is 6.58 Å². The Morgan fingerprint density at radius 2 is 1.31 bits per heavy atom. The van der Waals surface area contributed by atoms with E-state index < -0.39 is 22.2 Å². The lowest BCUT2D eigenvalue weighted by Crippen LogP contribution is -2.25. The number of rotatable bonds is 13. The summed E-state index contributed by atoms with van der Waals surface area (Å²) in [6, 6.07) is 10.2. The molecule has 0 aliphatic rings. The number of allylic oxidation sites excluding steroid dienone is 2. The van der Waals surface area contributed by atoms with E-state index in [0.29, 0.717) is 35.0 Å². The number of esters is 2. The van der Waals surface area contributed by atoms with E-state index in [-0.39, 0.29) is 25.3 Å². The summed E-state index contributed by atoms with van der Waals surface area (Å²) in [6.07, 6.45) is 4.86.